The predicted molar refractivity (Wildman–Crippen MR) is 53.0 cm³/mol. The SMILES string of the molecule is CCC(C)CCN(C)C(C)(C)O. The summed E-state index contributed by atoms with van der Waals surface area (Å²) in [6, 6.07) is 0. The Morgan fingerprint density at radius 2 is 1.92 bits per heavy atom. The van der Waals surface area contributed by atoms with E-state index in [1.807, 2.05) is 25.8 Å². The maximum absolute atomic E-state index is 9.60. The van der Waals surface area contributed by atoms with Gasteiger partial charge in [0.25, 0.3) is 0 Å². The highest BCUT2D eigenvalue weighted by Crippen LogP contribution is 2.12. The van der Waals surface area contributed by atoms with Crippen molar-refractivity contribution in [1.29, 1.82) is 0 Å². The third-order valence-electron chi connectivity index (χ3n) is 2.59. The van der Waals surface area contributed by atoms with E-state index < -0.39 is 5.72 Å². The maximum atomic E-state index is 9.60. The van der Waals surface area contributed by atoms with E-state index in [1.165, 1.54) is 6.42 Å². The molecule has 0 aliphatic carbocycles. The molecule has 0 aromatic heterocycles. The maximum Gasteiger partial charge on any atom is 0.112 e. The summed E-state index contributed by atoms with van der Waals surface area (Å²) < 4.78 is 0. The van der Waals surface area contributed by atoms with Crippen LogP contribution in [0.5, 0.6) is 0 Å². The molecular weight excluding hydrogens is 150 g/mol. The molecule has 0 saturated carbocycles. The van der Waals surface area contributed by atoms with Gasteiger partial charge in [0.2, 0.25) is 0 Å². The normalized spacial score (nSPS) is 15.2. The Labute approximate surface area is 76.6 Å². The monoisotopic (exact) mass is 173 g/mol. The van der Waals surface area contributed by atoms with Crippen LogP contribution in [0.25, 0.3) is 0 Å². The molecular formula is C10H23NO. The van der Waals surface area contributed by atoms with Crippen molar-refractivity contribution in [2.45, 2.75) is 46.3 Å². The summed E-state index contributed by atoms with van der Waals surface area (Å²) in [5.41, 5.74) is -0.673. The lowest BCUT2D eigenvalue weighted by molar-refractivity contribution is -0.0648. The Morgan fingerprint density at radius 1 is 1.42 bits per heavy atom. The molecule has 1 N–H and O–H groups in total. The summed E-state index contributed by atoms with van der Waals surface area (Å²) in [7, 11) is 1.96. The van der Waals surface area contributed by atoms with E-state index >= 15 is 0 Å². The number of hydrogen-bond acceptors (Lipinski definition) is 2. The highest BCUT2D eigenvalue weighted by molar-refractivity contribution is 4.65. The van der Waals surface area contributed by atoms with E-state index in [0.717, 1.165) is 18.9 Å². The highest BCUT2D eigenvalue weighted by atomic mass is 16.3. The third-order valence-corrected chi connectivity index (χ3v) is 2.59. The van der Waals surface area contributed by atoms with E-state index in [9.17, 15) is 5.11 Å². The van der Waals surface area contributed by atoms with E-state index in [4.69, 9.17) is 0 Å². The molecule has 0 rings (SSSR count). The third kappa shape index (κ3) is 4.73. The van der Waals surface area contributed by atoms with Crippen molar-refractivity contribution in [2.24, 2.45) is 5.92 Å². The standard InChI is InChI=1S/C10H23NO/c1-6-9(2)7-8-11(5)10(3,4)12/h9,12H,6-8H2,1-5H3. The fourth-order valence-electron chi connectivity index (χ4n) is 0.892. The topological polar surface area (TPSA) is 23.5 Å². The van der Waals surface area contributed by atoms with Gasteiger partial charge in [-0.15, -0.1) is 0 Å². The summed E-state index contributed by atoms with van der Waals surface area (Å²) in [5.74, 6) is 0.759. The lowest BCUT2D eigenvalue weighted by Crippen LogP contribution is -2.41. The molecule has 2 heteroatoms. The molecule has 1 atom stereocenters. The largest absolute Gasteiger partial charge is 0.376 e. The van der Waals surface area contributed by atoms with Gasteiger partial charge < -0.3 is 5.11 Å². The first kappa shape index (κ1) is 11.9. The first-order valence-corrected chi connectivity index (χ1v) is 4.81. The molecule has 0 heterocycles. The Kier molecular flexibility index (Phi) is 4.80. The van der Waals surface area contributed by atoms with Crippen molar-refractivity contribution in [3.63, 3.8) is 0 Å². The van der Waals surface area contributed by atoms with Gasteiger partial charge in [0.05, 0.1) is 0 Å². The first-order valence-electron chi connectivity index (χ1n) is 4.81. The summed E-state index contributed by atoms with van der Waals surface area (Å²) >= 11 is 0. The van der Waals surface area contributed by atoms with Crippen molar-refractivity contribution in [3.8, 4) is 0 Å². The second-order valence-electron chi connectivity index (χ2n) is 4.22. The second kappa shape index (κ2) is 4.83. The van der Waals surface area contributed by atoms with Crippen LogP contribution in [0.2, 0.25) is 0 Å². The minimum atomic E-state index is -0.673. The van der Waals surface area contributed by atoms with Crippen LogP contribution in [0, 0.1) is 5.92 Å². The molecule has 0 aliphatic heterocycles. The van der Waals surface area contributed by atoms with Crippen LogP contribution >= 0.6 is 0 Å². The molecule has 0 aliphatic rings. The minimum absolute atomic E-state index is 0.673. The van der Waals surface area contributed by atoms with Gasteiger partial charge in [0.15, 0.2) is 0 Å². The molecule has 0 aromatic carbocycles. The average Bonchev–Trinajstić information content (AvgIpc) is 1.97. The quantitative estimate of drug-likeness (QED) is 0.643. The zero-order chi connectivity index (χ0) is 9.78. The molecule has 1 unspecified atom stereocenters. The van der Waals surface area contributed by atoms with Crippen LogP contribution in [0.4, 0.5) is 0 Å². The average molecular weight is 173 g/mol. The van der Waals surface area contributed by atoms with Gasteiger partial charge in [0, 0.05) is 6.54 Å². The number of nitrogens with zero attached hydrogens (tertiary/aromatic N) is 1. The van der Waals surface area contributed by atoms with E-state index in [1.54, 1.807) is 0 Å². The van der Waals surface area contributed by atoms with E-state index in [-0.39, 0.29) is 0 Å². The van der Waals surface area contributed by atoms with Gasteiger partial charge in [-0.05, 0) is 33.2 Å². The summed E-state index contributed by atoms with van der Waals surface area (Å²) in [6.07, 6.45) is 2.39. The molecule has 0 fully saturated rings. The summed E-state index contributed by atoms with van der Waals surface area (Å²) in [4.78, 5) is 1.99. The fraction of sp³-hybridized carbons (Fsp3) is 1.00. The van der Waals surface area contributed by atoms with Crippen LogP contribution in [-0.2, 0) is 0 Å². The van der Waals surface area contributed by atoms with Crippen LogP contribution in [0.15, 0.2) is 0 Å². The van der Waals surface area contributed by atoms with Crippen molar-refractivity contribution in [3.05, 3.63) is 0 Å². The van der Waals surface area contributed by atoms with E-state index in [0.29, 0.717) is 0 Å². The Morgan fingerprint density at radius 3 is 2.25 bits per heavy atom. The Balaban J connectivity index is 3.64. The minimum Gasteiger partial charge on any atom is -0.376 e. The molecule has 0 saturated heterocycles. The Bertz CT molecular complexity index is 117. The van der Waals surface area contributed by atoms with Crippen molar-refractivity contribution < 1.29 is 5.11 Å². The van der Waals surface area contributed by atoms with Crippen molar-refractivity contribution in [1.82, 2.24) is 4.90 Å². The smallest absolute Gasteiger partial charge is 0.112 e. The van der Waals surface area contributed by atoms with Gasteiger partial charge in [-0.1, -0.05) is 20.3 Å². The number of rotatable bonds is 5. The van der Waals surface area contributed by atoms with Gasteiger partial charge >= 0.3 is 0 Å². The number of hydrogen-bond donors (Lipinski definition) is 1. The molecule has 0 bridgehead atoms. The fourth-order valence-corrected chi connectivity index (χ4v) is 0.892. The van der Waals surface area contributed by atoms with Crippen molar-refractivity contribution in [2.75, 3.05) is 13.6 Å². The van der Waals surface area contributed by atoms with Gasteiger partial charge in [-0.25, -0.2) is 0 Å². The molecule has 2 nitrogen and oxygen atoms in total. The van der Waals surface area contributed by atoms with Crippen LogP contribution < -0.4 is 0 Å². The van der Waals surface area contributed by atoms with Crippen LogP contribution in [0.3, 0.4) is 0 Å². The van der Waals surface area contributed by atoms with Gasteiger partial charge in [-0.2, -0.15) is 0 Å². The number of aliphatic hydroxyl groups is 1. The Hall–Kier alpha value is -0.0800. The highest BCUT2D eigenvalue weighted by Gasteiger charge is 2.18. The molecule has 12 heavy (non-hydrogen) atoms. The lowest BCUT2D eigenvalue weighted by atomic mass is 10.0. The zero-order valence-electron chi connectivity index (χ0n) is 9.09. The second-order valence-corrected chi connectivity index (χ2v) is 4.22. The van der Waals surface area contributed by atoms with Crippen LogP contribution in [0.1, 0.15) is 40.5 Å². The molecule has 74 valence electrons. The van der Waals surface area contributed by atoms with E-state index in [2.05, 4.69) is 13.8 Å². The molecule has 0 aromatic rings. The summed E-state index contributed by atoms with van der Waals surface area (Å²) in [5, 5.41) is 9.60. The lowest BCUT2D eigenvalue weighted by Gasteiger charge is -2.30. The van der Waals surface area contributed by atoms with Gasteiger partial charge in [-0.3, -0.25) is 4.90 Å². The molecule has 0 amide bonds. The zero-order valence-corrected chi connectivity index (χ0v) is 9.09. The van der Waals surface area contributed by atoms with Crippen molar-refractivity contribution >= 4 is 0 Å². The first-order chi connectivity index (χ1) is 5.38. The predicted octanol–water partition coefficient (Wildman–Crippen LogP) is 2.08. The van der Waals surface area contributed by atoms with Crippen LogP contribution in [-0.4, -0.2) is 29.3 Å². The van der Waals surface area contributed by atoms with Gasteiger partial charge in [0.1, 0.15) is 5.72 Å². The molecule has 0 radical (unpaired) electrons. The molecule has 0 spiro atoms. The summed E-state index contributed by atoms with van der Waals surface area (Å²) in [6.45, 7) is 9.07.